The highest BCUT2D eigenvalue weighted by Crippen LogP contribution is 2.23. The summed E-state index contributed by atoms with van der Waals surface area (Å²) in [5.41, 5.74) is 3.16. The first kappa shape index (κ1) is 25.2. The molecular formula is C29H43NO. The molecule has 2 heteroatoms. The fourth-order valence-corrected chi connectivity index (χ4v) is 4.32. The molecule has 2 unspecified atom stereocenters. The van der Waals surface area contributed by atoms with Crippen LogP contribution in [0.5, 0.6) is 0 Å². The lowest BCUT2D eigenvalue weighted by molar-refractivity contribution is 0.0685. The van der Waals surface area contributed by atoms with Crippen molar-refractivity contribution in [2.24, 2.45) is 11.8 Å². The van der Waals surface area contributed by atoms with Crippen molar-refractivity contribution >= 4 is 5.91 Å². The predicted molar refractivity (Wildman–Crippen MR) is 134 cm³/mol. The standard InChI is InChI=1S/C29H43NO/c1-5-9-14-24(7-3)22-30(23-25(8-4)15-10-6-2)29(31)28-20-18-27(19-21-28)26-16-12-11-13-17-26/h11-13,16-21,24-25H,5-10,14-15,22-23H2,1-4H3. The molecule has 2 atom stereocenters. The molecule has 0 aromatic heterocycles. The van der Waals surface area contributed by atoms with Crippen LogP contribution in [0.1, 0.15) is 89.4 Å². The zero-order chi connectivity index (χ0) is 22.5. The van der Waals surface area contributed by atoms with E-state index in [4.69, 9.17) is 0 Å². The lowest BCUT2D eigenvalue weighted by Gasteiger charge is -2.31. The average molecular weight is 422 g/mol. The summed E-state index contributed by atoms with van der Waals surface area (Å²) in [7, 11) is 0. The van der Waals surface area contributed by atoms with E-state index in [0.717, 1.165) is 37.1 Å². The van der Waals surface area contributed by atoms with Gasteiger partial charge >= 0.3 is 0 Å². The summed E-state index contributed by atoms with van der Waals surface area (Å²) < 4.78 is 0. The second-order valence-electron chi connectivity index (χ2n) is 8.99. The number of hydrogen-bond donors (Lipinski definition) is 0. The average Bonchev–Trinajstić information content (AvgIpc) is 2.83. The summed E-state index contributed by atoms with van der Waals surface area (Å²) in [6.45, 7) is 10.8. The smallest absolute Gasteiger partial charge is 0.253 e. The molecule has 1 amide bonds. The van der Waals surface area contributed by atoms with E-state index in [1.54, 1.807) is 0 Å². The lowest BCUT2D eigenvalue weighted by Crippen LogP contribution is -2.39. The number of carbonyl (C=O) groups excluding carboxylic acids is 1. The van der Waals surface area contributed by atoms with E-state index >= 15 is 0 Å². The van der Waals surface area contributed by atoms with E-state index < -0.39 is 0 Å². The summed E-state index contributed by atoms with van der Waals surface area (Å²) in [6.07, 6.45) is 9.66. The van der Waals surface area contributed by atoms with Crippen molar-refractivity contribution in [3.63, 3.8) is 0 Å². The van der Waals surface area contributed by atoms with Gasteiger partial charge in [0.05, 0.1) is 0 Å². The highest BCUT2D eigenvalue weighted by molar-refractivity contribution is 5.94. The molecule has 2 aromatic carbocycles. The molecule has 0 N–H and O–H groups in total. The zero-order valence-electron chi connectivity index (χ0n) is 20.3. The third-order valence-corrected chi connectivity index (χ3v) is 6.57. The van der Waals surface area contributed by atoms with Gasteiger partial charge in [0.25, 0.3) is 5.91 Å². The first-order valence-electron chi connectivity index (χ1n) is 12.6. The minimum atomic E-state index is 0.199. The maximum Gasteiger partial charge on any atom is 0.253 e. The number of rotatable bonds is 14. The Kier molecular flexibility index (Phi) is 11.4. The Morgan fingerprint density at radius 2 is 1.19 bits per heavy atom. The molecule has 0 fully saturated rings. The van der Waals surface area contributed by atoms with Crippen molar-refractivity contribution < 1.29 is 4.79 Å². The van der Waals surface area contributed by atoms with Gasteiger partial charge in [-0.3, -0.25) is 4.79 Å². The van der Waals surface area contributed by atoms with Crippen LogP contribution in [-0.4, -0.2) is 23.9 Å². The Labute approximate surface area is 191 Å². The lowest BCUT2D eigenvalue weighted by atomic mass is 9.95. The minimum Gasteiger partial charge on any atom is -0.338 e. The molecule has 0 bridgehead atoms. The van der Waals surface area contributed by atoms with Crippen LogP contribution in [-0.2, 0) is 0 Å². The van der Waals surface area contributed by atoms with E-state index in [2.05, 4.69) is 69.0 Å². The second-order valence-corrected chi connectivity index (χ2v) is 8.99. The monoisotopic (exact) mass is 421 g/mol. The van der Waals surface area contributed by atoms with E-state index in [1.165, 1.54) is 44.1 Å². The maximum absolute atomic E-state index is 13.6. The highest BCUT2D eigenvalue weighted by Gasteiger charge is 2.22. The SMILES string of the molecule is CCCCC(CC)CN(CC(CC)CCCC)C(=O)c1ccc(-c2ccccc2)cc1. The highest BCUT2D eigenvalue weighted by atomic mass is 16.2. The number of hydrogen-bond acceptors (Lipinski definition) is 1. The van der Waals surface area contributed by atoms with E-state index in [9.17, 15) is 4.79 Å². The Bertz CT molecular complexity index is 719. The van der Waals surface area contributed by atoms with Gasteiger partial charge < -0.3 is 4.90 Å². The van der Waals surface area contributed by atoms with Gasteiger partial charge in [-0.2, -0.15) is 0 Å². The van der Waals surface area contributed by atoms with Crippen molar-refractivity contribution in [3.8, 4) is 11.1 Å². The first-order chi connectivity index (χ1) is 15.1. The van der Waals surface area contributed by atoms with Gasteiger partial charge in [0, 0.05) is 18.7 Å². The summed E-state index contributed by atoms with van der Waals surface area (Å²) in [5.74, 6) is 1.39. The molecule has 31 heavy (non-hydrogen) atoms. The first-order valence-corrected chi connectivity index (χ1v) is 12.6. The molecule has 0 aliphatic carbocycles. The number of benzene rings is 2. The number of amides is 1. The van der Waals surface area contributed by atoms with Crippen LogP contribution >= 0.6 is 0 Å². The third kappa shape index (κ3) is 8.16. The Morgan fingerprint density at radius 3 is 1.65 bits per heavy atom. The van der Waals surface area contributed by atoms with Gasteiger partial charge in [-0.25, -0.2) is 0 Å². The van der Waals surface area contributed by atoms with E-state index in [-0.39, 0.29) is 5.91 Å². The Morgan fingerprint density at radius 1 is 0.710 bits per heavy atom. The number of carbonyl (C=O) groups is 1. The molecule has 0 heterocycles. The molecule has 0 radical (unpaired) electrons. The van der Waals surface area contributed by atoms with Gasteiger partial charge in [-0.1, -0.05) is 109 Å². The molecule has 2 rings (SSSR count). The van der Waals surface area contributed by atoms with Gasteiger partial charge in [-0.05, 0) is 47.9 Å². The molecule has 0 spiro atoms. The van der Waals surface area contributed by atoms with Gasteiger partial charge in [0.15, 0.2) is 0 Å². The molecule has 0 aliphatic heterocycles. The van der Waals surface area contributed by atoms with Crippen LogP contribution in [0, 0.1) is 11.8 Å². The molecule has 0 aliphatic rings. The predicted octanol–water partition coefficient (Wildman–Crippen LogP) is 8.23. The largest absolute Gasteiger partial charge is 0.338 e. The minimum absolute atomic E-state index is 0.199. The Balaban J connectivity index is 2.18. The molecule has 170 valence electrons. The van der Waals surface area contributed by atoms with Crippen molar-refractivity contribution in [1.29, 1.82) is 0 Å². The summed E-state index contributed by atoms with van der Waals surface area (Å²) >= 11 is 0. The summed E-state index contributed by atoms with van der Waals surface area (Å²) in [6, 6.07) is 18.6. The van der Waals surface area contributed by atoms with Crippen LogP contribution in [0.25, 0.3) is 11.1 Å². The summed E-state index contributed by atoms with van der Waals surface area (Å²) in [5, 5.41) is 0. The van der Waals surface area contributed by atoms with Crippen LogP contribution in [0.3, 0.4) is 0 Å². The quantitative estimate of drug-likeness (QED) is 0.301. The zero-order valence-corrected chi connectivity index (χ0v) is 20.3. The van der Waals surface area contributed by atoms with Crippen LogP contribution in [0.15, 0.2) is 54.6 Å². The van der Waals surface area contributed by atoms with Crippen molar-refractivity contribution in [2.45, 2.75) is 79.1 Å². The van der Waals surface area contributed by atoms with Gasteiger partial charge in [0.2, 0.25) is 0 Å². The van der Waals surface area contributed by atoms with Crippen LogP contribution in [0.4, 0.5) is 0 Å². The fraction of sp³-hybridized carbons (Fsp3) is 0.552. The third-order valence-electron chi connectivity index (χ3n) is 6.57. The van der Waals surface area contributed by atoms with Crippen LogP contribution in [0.2, 0.25) is 0 Å². The van der Waals surface area contributed by atoms with Gasteiger partial charge in [-0.15, -0.1) is 0 Å². The Hall–Kier alpha value is -2.09. The topological polar surface area (TPSA) is 20.3 Å². The molecule has 2 nitrogen and oxygen atoms in total. The maximum atomic E-state index is 13.6. The normalized spacial score (nSPS) is 13.0. The van der Waals surface area contributed by atoms with Gasteiger partial charge in [0.1, 0.15) is 0 Å². The van der Waals surface area contributed by atoms with Crippen LogP contribution < -0.4 is 0 Å². The molecule has 0 saturated carbocycles. The van der Waals surface area contributed by atoms with Crippen molar-refractivity contribution in [1.82, 2.24) is 4.90 Å². The molecule has 0 saturated heterocycles. The summed E-state index contributed by atoms with van der Waals surface area (Å²) in [4.78, 5) is 15.7. The molecule has 2 aromatic rings. The number of unbranched alkanes of at least 4 members (excludes halogenated alkanes) is 2. The fourth-order valence-electron chi connectivity index (χ4n) is 4.32. The molecular weight excluding hydrogens is 378 g/mol. The van der Waals surface area contributed by atoms with E-state index in [0.29, 0.717) is 11.8 Å². The van der Waals surface area contributed by atoms with E-state index in [1.807, 2.05) is 18.2 Å². The number of nitrogens with zero attached hydrogens (tertiary/aromatic N) is 1. The second kappa shape index (κ2) is 14.1. The van der Waals surface area contributed by atoms with Crippen molar-refractivity contribution in [3.05, 3.63) is 60.2 Å². The van der Waals surface area contributed by atoms with Crippen molar-refractivity contribution in [2.75, 3.05) is 13.1 Å².